The van der Waals surface area contributed by atoms with Gasteiger partial charge in [-0.15, -0.1) is 0 Å². The molecule has 0 radical (unpaired) electrons. The first-order valence-electron chi connectivity index (χ1n) is 2.81. The maximum atomic E-state index is 10.8. The average molecular weight is 147 g/mol. The summed E-state index contributed by atoms with van der Waals surface area (Å²) in [4.78, 5) is 12.4. The molecule has 0 aromatic rings. The minimum Gasteiger partial charge on any atom is -0.370 e. The Morgan fingerprint density at radius 3 is 3.00 bits per heavy atom. The van der Waals surface area contributed by atoms with Gasteiger partial charge in [0.2, 0.25) is 5.91 Å². The molecular formula is C5H9NO2S. The Kier molecular flexibility index (Phi) is 2.36. The molecule has 0 aromatic heterocycles. The Labute approximate surface area is 59.4 Å². The second-order valence-corrected chi connectivity index (χ2v) is 2.13. The van der Waals surface area contributed by atoms with Gasteiger partial charge in [-0.3, -0.25) is 4.79 Å². The molecule has 0 aromatic carbocycles. The Morgan fingerprint density at radius 2 is 2.56 bits per heavy atom. The Bertz CT molecular complexity index is 118. The summed E-state index contributed by atoms with van der Waals surface area (Å²) < 4.78 is 4.89. The number of ether oxygens (including phenoxy) is 1. The predicted molar refractivity (Wildman–Crippen MR) is 36.4 cm³/mol. The van der Waals surface area contributed by atoms with Crippen LogP contribution in [0.15, 0.2) is 0 Å². The first-order chi connectivity index (χ1) is 4.34. The van der Waals surface area contributed by atoms with Crippen molar-refractivity contribution in [3.05, 3.63) is 0 Å². The van der Waals surface area contributed by atoms with E-state index in [1.165, 1.54) is 0 Å². The number of thiol groups is 1. The molecule has 1 saturated heterocycles. The van der Waals surface area contributed by atoms with Crippen LogP contribution in [0.3, 0.4) is 0 Å². The fourth-order valence-electron chi connectivity index (χ4n) is 0.700. The molecule has 9 heavy (non-hydrogen) atoms. The highest BCUT2D eigenvalue weighted by atomic mass is 32.1. The molecule has 0 N–H and O–H groups in total. The van der Waals surface area contributed by atoms with Crippen LogP contribution in [0.25, 0.3) is 0 Å². The van der Waals surface area contributed by atoms with Gasteiger partial charge in [-0.05, 0) is 0 Å². The third-order valence-electron chi connectivity index (χ3n) is 1.25. The average Bonchev–Trinajstić information content (AvgIpc) is 1.89. The molecular weight excluding hydrogens is 138 g/mol. The largest absolute Gasteiger partial charge is 0.370 e. The van der Waals surface area contributed by atoms with E-state index in [1.807, 2.05) is 0 Å². The van der Waals surface area contributed by atoms with Crippen LogP contribution in [-0.2, 0) is 9.53 Å². The first-order valence-corrected chi connectivity index (χ1v) is 3.44. The fraction of sp³-hybridized carbons (Fsp3) is 0.800. The maximum Gasteiger partial charge on any atom is 0.249 e. The van der Waals surface area contributed by atoms with Gasteiger partial charge in [-0.2, -0.15) is 12.6 Å². The standard InChI is InChI=1S/C5H9NO2S/c7-5-3-8-2-1-6(5)4-9/h9H,1-4H2. The summed E-state index contributed by atoms with van der Waals surface area (Å²) >= 11 is 3.97. The van der Waals surface area contributed by atoms with Gasteiger partial charge >= 0.3 is 0 Å². The third-order valence-corrected chi connectivity index (χ3v) is 1.60. The van der Waals surface area contributed by atoms with Crippen molar-refractivity contribution in [1.82, 2.24) is 4.90 Å². The van der Waals surface area contributed by atoms with Gasteiger partial charge in [0.25, 0.3) is 0 Å². The van der Waals surface area contributed by atoms with E-state index in [1.54, 1.807) is 4.90 Å². The van der Waals surface area contributed by atoms with Crippen molar-refractivity contribution in [3.8, 4) is 0 Å². The Balaban J connectivity index is 2.39. The van der Waals surface area contributed by atoms with E-state index in [-0.39, 0.29) is 12.5 Å². The van der Waals surface area contributed by atoms with Gasteiger partial charge in [-0.1, -0.05) is 0 Å². The van der Waals surface area contributed by atoms with E-state index in [0.717, 1.165) is 0 Å². The molecule has 52 valence electrons. The lowest BCUT2D eigenvalue weighted by Gasteiger charge is -2.24. The number of carbonyl (C=O) groups is 1. The minimum atomic E-state index is 0.0382. The van der Waals surface area contributed by atoms with E-state index in [9.17, 15) is 4.79 Å². The van der Waals surface area contributed by atoms with Gasteiger partial charge in [0.05, 0.1) is 12.5 Å². The summed E-state index contributed by atoms with van der Waals surface area (Å²) in [5.74, 6) is 0.540. The fourth-order valence-corrected chi connectivity index (χ4v) is 0.999. The highest BCUT2D eigenvalue weighted by Crippen LogP contribution is 1.98. The lowest BCUT2D eigenvalue weighted by atomic mass is 10.4. The molecule has 3 nitrogen and oxygen atoms in total. The second kappa shape index (κ2) is 3.08. The quantitative estimate of drug-likeness (QED) is 0.517. The Hall–Kier alpha value is -0.220. The van der Waals surface area contributed by atoms with E-state index in [0.29, 0.717) is 19.0 Å². The zero-order valence-corrected chi connectivity index (χ0v) is 5.93. The summed E-state index contributed by atoms with van der Waals surface area (Å²) in [6, 6.07) is 0. The summed E-state index contributed by atoms with van der Waals surface area (Å²) in [5.41, 5.74) is 0. The highest BCUT2D eigenvalue weighted by Gasteiger charge is 2.15. The number of nitrogens with zero attached hydrogens (tertiary/aromatic N) is 1. The van der Waals surface area contributed by atoms with Gasteiger partial charge < -0.3 is 9.64 Å². The van der Waals surface area contributed by atoms with Crippen LogP contribution < -0.4 is 0 Å². The van der Waals surface area contributed by atoms with Crippen molar-refractivity contribution < 1.29 is 9.53 Å². The number of rotatable bonds is 1. The summed E-state index contributed by atoms with van der Waals surface area (Å²) in [6.07, 6.45) is 0. The molecule has 4 heteroatoms. The summed E-state index contributed by atoms with van der Waals surface area (Å²) in [5, 5.41) is 0. The van der Waals surface area contributed by atoms with Crippen molar-refractivity contribution in [2.24, 2.45) is 0 Å². The van der Waals surface area contributed by atoms with Crippen LogP contribution in [0, 0.1) is 0 Å². The zero-order chi connectivity index (χ0) is 6.69. The zero-order valence-electron chi connectivity index (χ0n) is 5.04. The van der Waals surface area contributed by atoms with E-state index in [2.05, 4.69) is 12.6 Å². The van der Waals surface area contributed by atoms with Crippen LogP contribution in [0.1, 0.15) is 0 Å². The number of hydrogen-bond acceptors (Lipinski definition) is 3. The lowest BCUT2D eigenvalue weighted by Crippen LogP contribution is -2.40. The molecule has 0 saturated carbocycles. The predicted octanol–water partition coefficient (Wildman–Crippen LogP) is -0.267. The van der Waals surface area contributed by atoms with Gasteiger partial charge in [0.15, 0.2) is 0 Å². The van der Waals surface area contributed by atoms with Gasteiger partial charge in [0.1, 0.15) is 6.61 Å². The van der Waals surface area contributed by atoms with Crippen LogP contribution in [0.4, 0.5) is 0 Å². The van der Waals surface area contributed by atoms with Gasteiger partial charge in [0, 0.05) is 6.54 Å². The molecule has 1 fully saturated rings. The molecule has 1 heterocycles. The third kappa shape index (κ3) is 1.59. The monoisotopic (exact) mass is 147 g/mol. The Morgan fingerprint density at radius 1 is 1.78 bits per heavy atom. The number of hydrogen-bond donors (Lipinski definition) is 1. The first kappa shape index (κ1) is 6.89. The molecule has 1 amide bonds. The van der Waals surface area contributed by atoms with Crippen molar-refractivity contribution in [2.45, 2.75) is 0 Å². The number of carbonyl (C=O) groups excluding carboxylic acids is 1. The van der Waals surface area contributed by atoms with Crippen LogP contribution in [0.5, 0.6) is 0 Å². The highest BCUT2D eigenvalue weighted by molar-refractivity contribution is 7.80. The molecule has 0 atom stereocenters. The lowest BCUT2D eigenvalue weighted by molar-refractivity contribution is -0.141. The molecule has 1 aliphatic rings. The smallest absolute Gasteiger partial charge is 0.249 e. The van der Waals surface area contributed by atoms with Crippen LogP contribution in [-0.4, -0.2) is 36.4 Å². The number of morpholine rings is 1. The van der Waals surface area contributed by atoms with Gasteiger partial charge in [-0.25, -0.2) is 0 Å². The van der Waals surface area contributed by atoms with Crippen molar-refractivity contribution in [2.75, 3.05) is 25.6 Å². The van der Waals surface area contributed by atoms with Crippen molar-refractivity contribution in [3.63, 3.8) is 0 Å². The molecule has 0 unspecified atom stereocenters. The van der Waals surface area contributed by atoms with Crippen LogP contribution in [0.2, 0.25) is 0 Å². The summed E-state index contributed by atoms with van der Waals surface area (Å²) in [7, 11) is 0. The molecule has 1 aliphatic heterocycles. The van der Waals surface area contributed by atoms with E-state index in [4.69, 9.17) is 4.74 Å². The molecule has 1 rings (SSSR count). The SMILES string of the molecule is O=C1COCCN1CS. The summed E-state index contributed by atoms with van der Waals surface area (Å²) in [6.45, 7) is 1.55. The molecule has 0 spiro atoms. The molecule has 0 bridgehead atoms. The second-order valence-electron chi connectivity index (χ2n) is 1.85. The van der Waals surface area contributed by atoms with Crippen molar-refractivity contribution >= 4 is 18.5 Å². The molecule has 0 aliphatic carbocycles. The van der Waals surface area contributed by atoms with Crippen LogP contribution >= 0.6 is 12.6 Å². The normalized spacial score (nSPS) is 20.6. The topological polar surface area (TPSA) is 29.5 Å². The van der Waals surface area contributed by atoms with E-state index < -0.39 is 0 Å². The van der Waals surface area contributed by atoms with E-state index >= 15 is 0 Å². The maximum absolute atomic E-state index is 10.8. The minimum absolute atomic E-state index is 0.0382. The van der Waals surface area contributed by atoms with Crippen molar-refractivity contribution in [1.29, 1.82) is 0 Å². The number of amides is 1.